The van der Waals surface area contributed by atoms with Crippen molar-refractivity contribution in [3.05, 3.63) is 23.8 Å². The molecule has 3 saturated carbocycles. The van der Waals surface area contributed by atoms with Gasteiger partial charge in [-0.2, -0.15) is 0 Å². The zero-order chi connectivity index (χ0) is 17.7. The maximum absolute atomic E-state index is 13.7. The molecule has 3 aliphatic heterocycles. The normalized spacial score (nSPS) is 42.4. The number of methoxy groups -OCH3 is 1. The summed E-state index contributed by atoms with van der Waals surface area (Å²) in [6, 6.07) is 6.48. The van der Waals surface area contributed by atoms with Gasteiger partial charge < -0.3 is 4.74 Å². The minimum Gasteiger partial charge on any atom is -0.495 e. The number of carbonyl (C=O) groups excluding carboxylic acids is 2. The number of amides is 1. The molecule has 3 spiro atoms. The molecule has 0 N–H and O–H groups in total. The summed E-state index contributed by atoms with van der Waals surface area (Å²) in [5, 5.41) is 0. The third kappa shape index (κ3) is 1.27. The number of hydrogen-bond donors (Lipinski definition) is 0. The molecule has 136 valence electrons. The van der Waals surface area contributed by atoms with Crippen LogP contribution in [0.15, 0.2) is 18.2 Å². The number of ether oxygens (including phenoxy) is 1. The summed E-state index contributed by atoms with van der Waals surface area (Å²) in [5.41, 5.74) is 1.17. The second kappa shape index (κ2) is 4.50. The summed E-state index contributed by atoms with van der Waals surface area (Å²) in [6.45, 7) is 2.16. The molecular formula is C21H24N2O3. The van der Waals surface area contributed by atoms with Crippen LogP contribution >= 0.6 is 0 Å². The molecule has 0 unspecified atom stereocenters. The highest BCUT2D eigenvalue weighted by Gasteiger charge is 2.80. The molecule has 6 aliphatic rings. The van der Waals surface area contributed by atoms with Crippen LogP contribution in [0, 0.1) is 5.41 Å². The Hall–Kier alpha value is -1.88. The Bertz CT molecular complexity index is 854. The van der Waals surface area contributed by atoms with Crippen LogP contribution in [0.25, 0.3) is 0 Å². The second-order valence-corrected chi connectivity index (χ2v) is 8.92. The first kappa shape index (κ1) is 15.2. The van der Waals surface area contributed by atoms with E-state index < -0.39 is 5.54 Å². The summed E-state index contributed by atoms with van der Waals surface area (Å²) in [4.78, 5) is 30.4. The minimum atomic E-state index is -0.704. The lowest BCUT2D eigenvalue weighted by atomic mass is 9.41. The fourth-order valence-electron chi connectivity index (χ4n) is 7.90. The smallest absolute Gasteiger partial charge is 0.215 e. The lowest BCUT2D eigenvalue weighted by Gasteiger charge is -2.66. The van der Waals surface area contributed by atoms with Gasteiger partial charge in [0.25, 0.3) is 0 Å². The van der Waals surface area contributed by atoms with Gasteiger partial charge in [-0.1, -0.05) is 12.1 Å². The molecule has 1 amide bonds. The van der Waals surface area contributed by atoms with Crippen LogP contribution in [-0.2, 0) is 15.0 Å². The number of para-hydroxylation sites is 1. The standard InChI is InChI=1S/C21H24N2O3/c1-26-15-5-2-4-14-17(15)23(13-24)21-8-7-19(12-16(21)25)6-3-10-22-11-9-20(14,21)18(19)22/h2,4-5,13,18H,3,6-12H2,1H3/t18-,19+,20+,21+/m0/s1. The Kier molecular flexibility index (Phi) is 2.63. The van der Waals surface area contributed by atoms with Crippen LogP contribution in [0.1, 0.15) is 44.1 Å². The first-order valence-electron chi connectivity index (χ1n) is 9.84. The SMILES string of the molecule is COc1cccc2c1N(C=O)[C@@]13CC[C@]4(CCCN5CC[C@]21[C@@H]54)CC3=O. The van der Waals surface area contributed by atoms with E-state index in [0.29, 0.717) is 18.2 Å². The predicted octanol–water partition coefficient (Wildman–Crippen LogP) is 2.27. The molecule has 0 aromatic heterocycles. The van der Waals surface area contributed by atoms with E-state index in [9.17, 15) is 9.59 Å². The Morgan fingerprint density at radius 1 is 1.19 bits per heavy atom. The Balaban J connectivity index is 1.72. The van der Waals surface area contributed by atoms with Crippen LogP contribution < -0.4 is 9.64 Å². The van der Waals surface area contributed by atoms with E-state index >= 15 is 0 Å². The maximum Gasteiger partial charge on any atom is 0.215 e. The van der Waals surface area contributed by atoms with E-state index in [2.05, 4.69) is 11.0 Å². The van der Waals surface area contributed by atoms with Crippen molar-refractivity contribution in [3.8, 4) is 5.75 Å². The van der Waals surface area contributed by atoms with Gasteiger partial charge >= 0.3 is 0 Å². The molecule has 1 aromatic carbocycles. The fourth-order valence-corrected chi connectivity index (χ4v) is 7.90. The number of fused-ring (bicyclic) bond motifs is 3. The molecule has 5 nitrogen and oxygen atoms in total. The van der Waals surface area contributed by atoms with Gasteiger partial charge in [0.2, 0.25) is 6.41 Å². The molecule has 3 heterocycles. The lowest BCUT2D eigenvalue weighted by Crippen LogP contribution is -2.78. The third-order valence-corrected chi connectivity index (χ3v) is 8.48. The van der Waals surface area contributed by atoms with Gasteiger partial charge in [0.15, 0.2) is 5.78 Å². The van der Waals surface area contributed by atoms with Gasteiger partial charge in [0.1, 0.15) is 11.3 Å². The van der Waals surface area contributed by atoms with Crippen molar-refractivity contribution in [2.45, 2.75) is 55.5 Å². The van der Waals surface area contributed by atoms with Crippen LogP contribution in [0.5, 0.6) is 5.75 Å². The van der Waals surface area contributed by atoms with Crippen LogP contribution in [-0.4, -0.2) is 48.9 Å². The van der Waals surface area contributed by atoms with Crippen molar-refractivity contribution in [1.29, 1.82) is 0 Å². The number of benzene rings is 1. The number of rotatable bonds is 2. The van der Waals surface area contributed by atoms with Gasteiger partial charge in [0, 0.05) is 17.9 Å². The van der Waals surface area contributed by atoms with Crippen LogP contribution in [0.2, 0.25) is 0 Å². The zero-order valence-corrected chi connectivity index (χ0v) is 15.2. The first-order chi connectivity index (χ1) is 12.6. The van der Waals surface area contributed by atoms with Crippen LogP contribution in [0.4, 0.5) is 5.69 Å². The lowest BCUT2D eigenvalue weighted by molar-refractivity contribution is -0.156. The fraction of sp³-hybridized carbons (Fsp3) is 0.619. The highest BCUT2D eigenvalue weighted by molar-refractivity contribution is 6.06. The van der Waals surface area contributed by atoms with E-state index in [-0.39, 0.29) is 16.6 Å². The molecule has 26 heavy (non-hydrogen) atoms. The van der Waals surface area contributed by atoms with Crippen molar-refractivity contribution in [2.24, 2.45) is 5.41 Å². The Morgan fingerprint density at radius 2 is 2.08 bits per heavy atom. The maximum atomic E-state index is 13.7. The van der Waals surface area contributed by atoms with Crippen molar-refractivity contribution in [3.63, 3.8) is 0 Å². The summed E-state index contributed by atoms with van der Waals surface area (Å²) in [5.74, 6) is 1.00. The summed E-state index contributed by atoms with van der Waals surface area (Å²) in [7, 11) is 1.65. The van der Waals surface area contributed by atoms with E-state index in [1.807, 2.05) is 12.1 Å². The molecule has 4 atom stereocenters. The van der Waals surface area contributed by atoms with Crippen molar-refractivity contribution < 1.29 is 14.3 Å². The van der Waals surface area contributed by atoms with E-state index in [1.165, 1.54) is 12.0 Å². The number of anilines is 1. The molecule has 0 radical (unpaired) electrons. The Labute approximate surface area is 153 Å². The Morgan fingerprint density at radius 3 is 2.85 bits per heavy atom. The molecular weight excluding hydrogens is 328 g/mol. The molecule has 3 aliphatic carbocycles. The third-order valence-electron chi connectivity index (χ3n) is 8.48. The summed E-state index contributed by atoms with van der Waals surface area (Å²) < 4.78 is 5.65. The second-order valence-electron chi connectivity index (χ2n) is 8.92. The number of carbonyl (C=O) groups is 2. The zero-order valence-electron chi connectivity index (χ0n) is 15.2. The average molecular weight is 352 g/mol. The van der Waals surface area contributed by atoms with E-state index in [1.54, 1.807) is 12.0 Å². The highest BCUT2D eigenvalue weighted by atomic mass is 16.5. The van der Waals surface area contributed by atoms with Gasteiger partial charge in [0.05, 0.1) is 12.8 Å². The molecule has 5 heteroatoms. The summed E-state index contributed by atoms with van der Waals surface area (Å²) >= 11 is 0. The topological polar surface area (TPSA) is 49.9 Å². The number of Topliss-reactive ketones (excluding diaryl/α,β-unsaturated/α-hetero) is 1. The van der Waals surface area contributed by atoms with Crippen molar-refractivity contribution in [2.75, 3.05) is 25.1 Å². The predicted molar refractivity (Wildman–Crippen MR) is 96.4 cm³/mol. The molecule has 5 fully saturated rings. The highest BCUT2D eigenvalue weighted by Crippen LogP contribution is 2.73. The quantitative estimate of drug-likeness (QED) is 0.766. The van der Waals surface area contributed by atoms with Crippen LogP contribution in [0.3, 0.4) is 0 Å². The number of ketones is 1. The van der Waals surface area contributed by atoms with Gasteiger partial charge in [-0.3, -0.25) is 19.4 Å². The minimum absolute atomic E-state index is 0.104. The van der Waals surface area contributed by atoms with Gasteiger partial charge in [-0.05, 0) is 62.2 Å². The van der Waals surface area contributed by atoms with E-state index in [4.69, 9.17) is 4.74 Å². The van der Waals surface area contributed by atoms with E-state index in [0.717, 1.165) is 50.9 Å². The number of hydrogen-bond acceptors (Lipinski definition) is 4. The molecule has 1 aromatic rings. The summed E-state index contributed by atoms with van der Waals surface area (Å²) in [6.07, 6.45) is 6.70. The largest absolute Gasteiger partial charge is 0.495 e. The molecule has 2 bridgehead atoms. The number of nitrogens with zero attached hydrogens (tertiary/aromatic N) is 2. The van der Waals surface area contributed by atoms with Gasteiger partial charge in [-0.15, -0.1) is 0 Å². The average Bonchev–Trinajstić information content (AvgIpc) is 3.18. The first-order valence-corrected chi connectivity index (χ1v) is 9.84. The number of piperidine rings is 1. The van der Waals surface area contributed by atoms with Gasteiger partial charge in [-0.25, -0.2) is 0 Å². The molecule has 7 rings (SSSR count). The van der Waals surface area contributed by atoms with Crippen molar-refractivity contribution >= 4 is 17.9 Å². The monoisotopic (exact) mass is 352 g/mol. The van der Waals surface area contributed by atoms with Crippen molar-refractivity contribution in [1.82, 2.24) is 4.90 Å². The molecule has 2 saturated heterocycles.